The fourth-order valence-electron chi connectivity index (χ4n) is 0. The fourth-order valence-corrected chi connectivity index (χ4v) is 0. The van der Waals surface area contributed by atoms with Crippen molar-refractivity contribution in [3.8, 4) is 0 Å². The van der Waals surface area contributed by atoms with E-state index in [2.05, 4.69) is 0 Å². The SMILES string of the molecule is [Co+2].[Na+].[Ni+2].[OH-].[OH-].[OH-].[OH-].[OH-]. The first kappa shape index (κ1) is 234. The topological polar surface area (TPSA) is 150 Å². The van der Waals surface area contributed by atoms with E-state index in [0.29, 0.717) is 0 Å². The maximum Gasteiger partial charge on any atom is 2.00 e. The van der Waals surface area contributed by atoms with E-state index in [1.165, 1.54) is 0 Å². The number of hydrogen-bond acceptors (Lipinski definition) is 5. The summed E-state index contributed by atoms with van der Waals surface area (Å²) in [6.07, 6.45) is 0. The van der Waals surface area contributed by atoms with Gasteiger partial charge in [-0.25, -0.2) is 0 Å². The fraction of sp³-hybridized carbons (Fsp3) is 0. The van der Waals surface area contributed by atoms with Gasteiger partial charge < -0.3 is 27.4 Å². The van der Waals surface area contributed by atoms with Crippen LogP contribution in [-0.4, -0.2) is 27.4 Å². The molecule has 0 aliphatic carbocycles. The van der Waals surface area contributed by atoms with Gasteiger partial charge in [-0.2, -0.15) is 0 Å². The molecule has 0 heterocycles. The van der Waals surface area contributed by atoms with Gasteiger partial charge in [0.05, 0.1) is 0 Å². The van der Waals surface area contributed by atoms with Crippen LogP contribution in [0.2, 0.25) is 0 Å². The van der Waals surface area contributed by atoms with Crippen LogP contribution < -0.4 is 29.6 Å². The van der Waals surface area contributed by atoms with Gasteiger partial charge >= 0.3 is 62.8 Å². The summed E-state index contributed by atoms with van der Waals surface area (Å²) in [5.74, 6) is 0. The Labute approximate surface area is 89.6 Å². The van der Waals surface area contributed by atoms with Gasteiger partial charge in [0.25, 0.3) is 0 Å². The molecule has 8 heavy (non-hydrogen) atoms. The molecule has 0 fully saturated rings. The Balaban J connectivity index is 0. The maximum absolute atomic E-state index is 0. The molecule has 0 spiro atoms. The summed E-state index contributed by atoms with van der Waals surface area (Å²) in [5, 5.41) is 0. The molecule has 0 aliphatic rings. The molecule has 0 atom stereocenters. The van der Waals surface area contributed by atoms with Crippen LogP contribution in [0.1, 0.15) is 0 Å². The van der Waals surface area contributed by atoms with Crippen LogP contribution in [0.3, 0.4) is 0 Å². The molecule has 0 rings (SSSR count). The van der Waals surface area contributed by atoms with Gasteiger partial charge in [-0.05, 0) is 0 Å². The summed E-state index contributed by atoms with van der Waals surface area (Å²) >= 11 is 0. The van der Waals surface area contributed by atoms with Crippen molar-refractivity contribution in [1.29, 1.82) is 0 Å². The molecule has 0 bridgehead atoms. The minimum atomic E-state index is 0. The third kappa shape index (κ3) is 111. The van der Waals surface area contributed by atoms with E-state index in [9.17, 15) is 0 Å². The second kappa shape index (κ2) is 165. The van der Waals surface area contributed by atoms with E-state index in [4.69, 9.17) is 0 Å². The van der Waals surface area contributed by atoms with Crippen molar-refractivity contribution in [2.45, 2.75) is 0 Å². The second-order valence-corrected chi connectivity index (χ2v) is 0. The standard InChI is InChI=1S/Co.Na.Ni.5H2O/h;;;5*1H2/q+2;+1;+2;;;;;/p-5. The first-order valence-electron chi connectivity index (χ1n) is 0. The molecule has 0 aliphatic heterocycles. The number of hydrogen-bond donors (Lipinski definition) is 0. The number of rotatable bonds is 0. The van der Waals surface area contributed by atoms with E-state index >= 15 is 0 Å². The molecule has 0 aromatic heterocycles. The Morgan fingerprint density at radius 3 is 0.500 bits per heavy atom. The van der Waals surface area contributed by atoms with Crippen molar-refractivity contribution >= 4 is 0 Å². The van der Waals surface area contributed by atoms with Crippen LogP contribution in [0.5, 0.6) is 0 Å². The maximum atomic E-state index is 0. The first-order chi connectivity index (χ1) is 0. The average Bonchev–Trinajstić information content (AvgIpc) is 0. The molecule has 0 aromatic carbocycles. The Bertz CT molecular complexity index is 12.4. The predicted octanol–water partition coefficient (Wildman–Crippen LogP) is -3.89. The molecular weight excluding hydrogens is 221 g/mol. The summed E-state index contributed by atoms with van der Waals surface area (Å²) in [6.45, 7) is 0. The summed E-state index contributed by atoms with van der Waals surface area (Å²) in [5.41, 5.74) is 0. The van der Waals surface area contributed by atoms with E-state index < -0.39 is 0 Å². The molecule has 0 unspecified atom stereocenters. The zero-order valence-corrected chi connectivity index (χ0v) is 7.91. The Morgan fingerprint density at radius 1 is 0.500 bits per heavy atom. The monoisotopic (exact) mass is 225 g/mol. The normalized spacial score (nSPS) is 0. The quantitative estimate of drug-likeness (QED) is 0.386. The largest absolute Gasteiger partial charge is 2.00 e. The smallest absolute Gasteiger partial charge is 0.870 e. The zero-order valence-electron chi connectivity index (χ0n) is 3.89. The molecule has 8 heteroatoms. The van der Waals surface area contributed by atoms with Crippen LogP contribution in [0.4, 0.5) is 0 Å². The van der Waals surface area contributed by atoms with Gasteiger partial charge in [0.15, 0.2) is 0 Å². The summed E-state index contributed by atoms with van der Waals surface area (Å²) < 4.78 is 0. The summed E-state index contributed by atoms with van der Waals surface area (Å²) in [7, 11) is 0. The third-order valence-electron chi connectivity index (χ3n) is 0. The molecule has 5 nitrogen and oxygen atoms in total. The summed E-state index contributed by atoms with van der Waals surface area (Å²) in [4.78, 5) is 0. The van der Waals surface area contributed by atoms with Crippen molar-refractivity contribution < 1.29 is 90.2 Å². The third-order valence-corrected chi connectivity index (χ3v) is 0. The minimum Gasteiger partial charge on any atom is -0.870 e. The summed E-state index contributed by atoms with van der Waals surface area (Å²) in [6, 6.07) is 0. The predicted molar refractivity (Wildman–Crippen MR) is 9.68 cm³/mol. The molecule has 0 amide bonds. The van der Waals surface area contributed by atoms with Gasteiger partial charge in [-0.3, -0.25) is 0 Å². The van der Waals surface area contributed by atoms with Crippen LogP contribution >= 0.6 is 0 Å². The van der Waals surface area contributed by atoms with E-state index in [0.717, 1.165) is 0 Å². The average molecular weight is 226 g/mol. The van der Waals surface area contributed by atoms with Gasteiger partial charge in [0.2, 0.25) is 0 Å². The minimum absolute atomic E-state index is 0. The van der Waals surface area contributed by atoms with Crippen LogP contribution in [-0.2, 0) is 33.3 Å². The Kier molecular flexibility index (Phi) is 4840. The first-order valence-corrected chi connectivity index (χ1v) is 0. The van der Waals surface area contributed by atoms with Gasteiger partial charge in [0.1, 0.15) is 0 Å². The van der Waals surface area contributed by atoms with E-state index in [1.807, 2.05) is 0 Å². The molecule has 0 aromatic rings. The van der Waals surface area contributed by atoms with Crippen molar-refractivity contribution in [3.63, 3.8) is 0 Å². The molecule has 0 saturated carbocycles. The van der Waals surface area contributed by atoms with Crippen molar-refractivity contribution in [1.82, 2.24) is 0 Å². The second-order valence-electron chi connectivity index (χ2n) is 0. The Hall–Kier alpha value is 1.80. The molecule has 0 saturated heterocycles. The van der Waals surface area contributed by atoms with Gasteiger partial charge in [0, 0.05) is 0 Å². The molecule has 1 radical (unpaired) electrons. The van der Waals surface area contributed by atoms with Gasteiger partial charge in [-0.1, -0.05) is 0 Å². The van der Waals surface area contributed by atoms with Crippen molar-refractivity contribution in [3.05, 3.63) is 0 Å². The van der Waals surface area contributed by atoms with Crippen LogP contribution in [0.25, 0.3) is 0 Å². The van der Waals surface area contributed by atoms with Crippen LogP contribution in [0, 0.1) is 0 Å². The Morgan fingerprint density at radius 2 is 0.500 bits per heavy atom. The van der Waals surface area contributed by atoms with Gasteiger partial charge in [-0.15, -0.1) is 0 Å². The van der Waals surface area contributed by atoms with E-state index in [-0.39, 0.29) is 90.2 Å². The molecule has 55 valence electrons. The molecule has 5 N–H and O–H groups in total. The van der Waals surface area contributed by atoms with Crippen molar-refractivity contribution in [2.24, 2.45) is 0 Å². The van der Waals surface area contributed by atoms with E-state index in [1.54, 1.807) is 0 Å². The van der Waals surface area contributed by atoms with Crippen LogP contribution in [0.15, 0.2) is 0 Å². The van der Waals surface area contributed by atoms with Crippen molar-refractivity contribution in [2.75, 3.05) is 0 Å². The zero-order chi connectivity index (χ0) is 0. The molecular formula is H5CoNaNiO5.